The van der Waals surface area contributed by atoms with Gasteiger partial charge < -0.3 is 0 Å². The standard InChI is InChI=1S/C16H14OSe/c1-17-16-13-8-4-3-6-11(13)10-12-7-5-9-14(18-2)15(12)16/h3-10H,1-2H3. The topological polar surface area (TPSA) is 9.23 Å². The van der Waals surface area contributed by atoms with Crippen LogP contribution in [-0.4, -0.2) is 22.1 Å². The van der Waals surface area contributed by atoms with Crippen molar-refractivity contribution in [2.24, 2.45) is 0 Å². The van der Waals surface area contributed by atoms with Crippen molar-refractivity contribution in [2.75, 3.05) is 7.11 Å². The zero-order chi connectivity index (χ0) is 12.5. The van der Waals surface area contributed by atoms with E-state index in [-0.39, 0.29) is 0 Å². The van der Waals surface area contributed by atoms with Crippen molar-refractivity contribution in [1.82, 2.24) is 0 Å². The van der Waals surface area contributed by atoms with Gasteiger partial charge in [-0.1, -0.05) is 0 Å². The number of rotatable bonds is 2. The predicted octanol–water partition coefficient (Wildman–Crippen LogP) is 3.38. The van der Waals surface area contributed by atoms with Gasteiger partial charge in [0, 0.05) is 0 Å². The molecule has 0 bridgehead atoms. The van der Waals surface area contributed by atoms with Gasteiger partial charge in [-0.3, -0.25) is 0 Å². The van der Waals surface area contributed by atoms with Crippen LogP contribution in [0.15, 0.2) is 48.5 Å². The first kappa shape index (κ1) is 11.6. The van der Waals surface area contributed by atoms with Gasteiger partial charge in [0.05, 0.1) is 0 Å². The molecule has 2 heteroatoms. The van der Waals surface area contributed by atoms with Crippen molar-refractivity contribution in [3.8, 4) is 5.75 Å². The number of methoxy groups -OCH3 is 1. The Balaban J connectivity index is 2.55. The molecule has 0 radical (unpaired) electrons. The van der Waals surface area contributed by atoms with Crippen molar-refractivity contribution >= 4 is 41.0 Å². The summed E-state index contributed by atoms with van der Waals surface area (Å²) in [6, 6.07) is 17.2. The normalized spacial score (nSPS) is 11.0. The molecule has 0 fully saturated rings. The summed E-state index contributed by atoms with van der Waals surface area (Å²) in [5.41, 5.74) is 0. The van der Waals surface area contributed by atoms with Crippen LogP contribution in [0.5, 0.6) is 5.75 Å². The Labute approximate surface area is 113 Å². The number of hydrogen-bond acceptors (Lipinski definition) is 1. The third-order valence-electron chi connectivity index (χ3n) is 3.23. The van der Waals surface area contributed by atoms with E-state index in [9.17, 15) is 0 Å². The minimum atomic E-state index is 0.468. The molecular weight excluding hydrogens is 287 g/mol. The van der Waals surface area contributed by atoms with Crippen LogP contribution in [-0.2, 0) is 0 Å². The Kier molecular flexibility index (Phi) is 2.99. The third kappa shape index (κ3) is 1.69. The fraction of sp³-hybridized carbons (Fsp3) is 0.125. The van der Waals surface area contributed by atoms with E-state index in [1.54, 1.807) is 7.11 Å². The van der Waals surface area contributed by atoms with Crippen LogP contribution in [0.4, 0.5) is 0 Å². The summed E-state index contributed by atoms with van der Waals surface area (Å²) in [7, 11) is 1.76. The van der Waals surface area contributed by atoms with Gasteiger partial charge in [0.1, 0.15) is 0 Å². The molecule has 3 aromatic carbocycles. The van der Waals surface area contributed by atoms with Crippen molar-refractivity contribution in [3.63, 3.8) is 0 Å². The molecule has 0 spiro atoms. The van der Waals surface area contributed by atoms with Crippen molar-refractivity contribution < 1.29 is 4.74 Å². The van der Waals surface area contributed by atoms with Gasteiger partial charge in [-0.15, -0.1) is 0 Å². The Hall–Kier alpha value is -1.50. The average molecular weight is 301 g/mol. The van der Waals surface area contributed by atoms with Crippen LogP contribution in [0.3, 0.4) is 0 Å². The van der Waals surface area contributed by atoms with Crippen molar-refractivity contribution in [1.29, 1.82) is 0 Å². The molecule has 0 saturated carbocycles. The molecule has 90 valence electrons. The van der Waals surface area contributed by atoms with Gasteiger partial charge in [-0.05, 0) is 0 Å². The first-order chi connectivity index (χ1) is 8.85. The zero-order valence-corrected chi connectivity index (χ0v) is 12.1. The maximum absolute atomic E-state index is 5.69. The van der Waals surface area contributed by atoms with E-state index in [0.717, 1.165) is 5.75 Å². The molecule has 0 aromatic heterocycles. The first-order valence-corrected chi connectivity index (χ1v) is 8.44. The van der Waals surface area contributed by atoms with E-state index in [4.69, 9.17) is 4.74 Å². The van der Waals surface area contributed by atoms with Gasteiger partial charge in [0.2, 0.25) is 0 Å². The van der Waals surface area contributed by atoms with Gasteiger partial charge in [0.25, 0.3) is 0 Å². The molecule has 0 heterocycles. The summed E-state index contributed by atoms with van der Waals surface area (Å²) in [4.78, 5) is 0. The van der Waals surface area contributed by atoms with E-state index < -0.39 is 0 Å². The molecule has 1 nitrogen and oxygen atoms in total. The molecule has 3 aromatic rings. The number of fused-ring (bicyclic) bond motifs is 2. The second-order valence-electron chi connectivity index (χ2n) is 4.19. The zero-order valence-electron chi connectivity index (χ0n) is 10.4. The van der Waals surface area contributed by atoms with Crippen LogP contribution in [0.2, 0.25) is 5.82 Å². The summed E-state index contributed by atoms with van der Waals surface area (Å²) in [6.07, 6.45) is 0. The van der Waals surface area contributed by atoms with E-state index in [1.165, 1.54) is 26.0 Å². The molecular formula is C16H14OSe. The summed E-state index contributed by atoms with van der Waals surface area (Å²) in [5.74, 6) is 3.26. The average Bonchev–Trinajstić information content (AvgIpc) is 2.44. The van der Waals surface area contributed by atoms with Gasteiger partial charge in [-0.25, -0.2) is 0 Å². The molecule has 0 aliphatic rings. The molecule has 0 aliphatic heterocycles. The first-order valence-electron chi connectivity index (χ1n) is 5.87. The Morgan fingerprint density at radius 3 is 2.50 bits per heavy atom. The molecule has 0 aliphatic carbocycles. The molecule has 0 N–H and O–H groups in total. The van der Waals surface area contributed by atoms with Crippen LogP contribution >= 0.6 is 0 Å². The van der Waals surface area contributed by atoms with E-state index in [0.29, 0.717) is 15.0 Å². The van der Waals surface area contributed by atoms with Gasteiger partial charge in [0.15, 0.2) is 0 Å². The Morgan fingerprint density at radius 1 is 0.944 bits per heavy atom. The fourth-order valence-electron chi connectivity index (χ4n) is 2.43. The fourth-order valence-corrected chi connectivity index (χ4v) is 3.75. The van der Waals surface area contributed by atoms with E-state index in [1.807, 2.05) is 0 Å². The van der Waals surface area contributed by atoms with Crippen LogP contribution in [0, 0.1) is 0 Å². The van der Waals surface area contributed by atoms with E-state index >= 15 is 0 Å². The quantitative estimate of drug-likeness (QED) is 0.521. The summed E-state index contributed by atoms with van der Waals surface area (Å²) >= 11 is 0.468. The molecule has 18 heavy (non-hydrogen) atoms. The third-order valence-corrected chi connectivity index (χ3v) is 4.86. The Bertz CT molecular complexity index is 719. The number of benzene rings is 3. The van der Waals surface area contributed by atoms with Crippen LogP contribution in [0.25, 0.3) is 21.5 Å². The van der Waals surface area contributed by atoms with E-state index in [2.05, 4.69) is 54.4 Å². The van der Waals surface area contributed by atoms with Crippen LogP contribution in [0.1, 0.15) is 0 Å². The predicted molar refractivity (Wildman–Crippen MR) is 79.3 cm³/mol. The molecule has 0 atom stereocenters. The molecule has 0 amide bonds. The van der Waals surface area contributed by atoms with Crippen LogP contribution < -0.4 is 9.20 Å². The monoisotopic (exact) mass is 302 g/mol. The SMILES string of the molecule is COc1c2ccccc2cc2cccc([Se]C)c12. The molecule has 0 unspecified atom stereocenters. The second-order valence-corrected chi connectivity index (χ2v) is 5.97. The van der Waals surface area contributed by atoms with Crippen molar-refractivity contribution in [2.45, 2.75) is 5.82 Å². The second kappa shape index (κ2) is 4.64. The van der Waals surface area contributed by atoms with Gasteiger partial charge in [-0.2, -0.15) is 0 Å². The van der Waals surface area contributed by atoms with Crippen molar-refractivity contribution in [3.05, 3.63) is 48.5 Å². The molecule has 3 rings (SSSR count). The van der Waals surface area contributed by atoms with Gasteiger partial charge >= 0.3 is 113 Å². The summed E-state index contributed by atoms with van der Waals surface area (Å²) in [5, 5.41) is 4.99. The maximum atomic E-state index is 5.69. The number of hydrogen-bond donors (Lipinski definition) is 0. The molecule has 0 saturated heterocycles. The summed E-state index contributed by atoms with van der Waals surface area (Å²) < 4.78 is 7.10. The summed E-state index contributed by atoms with van der Waals surface area (Å²) in [6.45, 7) is 0. The number of ether oxygens (including phenoxy) is 1. The minimum absolute atomic E-state index is 0.468. The Morgan fingerprint density at radius 2 is 1.72 bits per heavy atom.